The van der Waals surface area contributed by atoms with Crippen LogP contribution in [0.4, 0.5) is 22.7 Å². The van der Waals surface area contributed by atoms with Crippen molar-refractivity contribution in [2.75, 3.05) is 72.5 Å². The maximum atomic E-state index is 9.51. The predicted octanol–water partition coefficient (Wildman–Crippen LogP) is 26.0. The number of anilines is 4. The molecule has 656 valence electrons. The SMILES string of the molecule is [C-]#[N+]/C(C#N)=C1C=C(/C=C/c2cc(CC)c3c(c2)CCCN3C)OC(C)(c2ccccc2)C\1.[C-]#[N+]/C(C#N)=C1C=C(/C=C/c2cc3c4c(c2)C(C)(C)CCN4CCC3(C)C)OC(C)(C)C\1.[C-]#[N+]/C(C#N)=C1C=C(/C=C/c2cc3c4c(c2)C(C)(C)CCN4CCC3(C)C)OC(c2ccccc2)C/1.[C-]#[N+]/C(C#N)=C1C=C(/C=C/c2cc3c4c(c2)CCCN4CCC3)OC(C)(C)C/1. The van der Waals surface area contributed by atoms with Crippen molar-refractivity contribution < 1.29 is 18.9 Å². The summed E-state index contributed by atoms with van der Waals surface area (Å²) in [5.74, 6) is 2.73. The van der Waals surface area contributed by atoms with Crippen molar-refractivity contribution in [1.29, 1.82) is 21.0 Å². The summed E-state index contributed by atoms with van der Waals surface area (Å²) < 4.78 is 25.1. The molecule has 2 atom stereocenters. The summed E-state index contributed by atoms with van der Waals surface area (Å²) in [5, 5.41) is 37.6. The number of aryl methyl sites for hydroxylation is 4. The summed E-state index contributed by atoms with van der Waals surface area (Å²) >= 11 is 0. The number of fused-ring (bicyclic) bond motifs is 1. The number of rotatable bonds is 11. The molecule has 0 aliphatic carbocycles. The summed E-state index contributed by atoms with van der Waals surface area (Å²) in [6.45, 7) is 68.5. The Labute approximate surface area is 766 Å². The first kappa shape index (κ1) is 91.7. The van der Waals surface area contributed by atoms with Crippen molar-refractivity contribution in [1.82, 2.24) is 0 Å². The second-order valence-electron chi connectivity index (χ2n) is 40.0. The molecule has 0 bridgehead atoms. The molecule has 16 nitrogen and oxygen atoms in total. The Bertz CT molecular complexity index is 6000. The van der Waals surface area contributed by atoms with E-state index in [4.69, 9.17) is 45.2 Å². The Morgan fingerprint density at radius 3 is 1.16 bits per heavy atom. The molecule has 0 aromatic heterocycles. The molecule has 11 aliphatic heterocycles. The molecule has 2 unspecified atom stereocenters. The third-order valence-electron chi connectivity index (χ3n) is 27.4. The average molecular weight is 1710 g/mol. The molecular weight excluding hydrogens is 1590 g/mol. The predicted molar refractivity (Wildman–Crippen MR) is 520 cm³/mol. The van der Waals surface area contributed by atoms with Gasteiger partial charge in [-0.15, -0.1) is 0 Å². The third kappa shape index (κ3) is 20.4. The van der Waals surface area contributed by atoms with Crippen molar-refractivity contribution in [3.05, 3.63) is 349 Å². The van der Waals surface area contributed by atoms with Gasteiger partial charge in [0.1, 0.15) is 45.9 Å². The van der Waals surface area contributed by atoms with E-state index in [1.54, 1.807) is 0 Å². The molecule has 0 N–H and O–H groups in total. The van der Waals surface area contributed by atoms with Crippen LogP contribution >= 0.6 is 0 Å². The van der Waals surface area contributed by atoms with Gasteiger partial charge in [0.25, 0.3) is 22.8 Å². The molecule has 0 saturated heterocycles. The highest BCUT2D eigenvalue weighted by atomic mass is 16.5. The molecule has 0 saturated carbocycles. The van der Waals surface area contributed by atoms with Gasteiger partial charge in [-0.05, 0) is 324 Å². The van der Waals surface area contributed by atoms with Gasteiger partial charge in [0.15, 0.2) is 0 Å². The fourth-order valence-electron chi connectivity index (χ4n) is 20.4. The number of benzene rings is 6. The molecule has 16 heteroatoms. The largest absolute Gasteiger partial charge is 0.488 e. The first-order chi connectivity index (χ1) is 61.6. The molecule has 6 aromatic carbocycles. The monoisotopic (exact) mass is 1710 g/mol. The van der Waals surface area contributed by atoms with Gasteiger partial charge in [-0.1, -0.05) is 147 Å². The number of allylic oxidation sites excluding steroid dienone is 12. The van der Waals surface area contributed by atoms with E-state index in [0.717, 1.165) is 123 Å². The fourth-order valence-corrected chi connectivity index (χ4v) is 20.4. The van der Waals surface area contributed by atoms with Crippen molar-refractivity contribution in [3.8, 4) is 24.3 Å². The van der Waals surface area contributed by atoms with Crippen molar-refractivity contribution >= 4 is 47.1 Å². The number of nitrogens with zero attached hydrogens (tertiary/aromatic N) is 12. The zero-order valence-corrected chi connectivity index (χ0v) is 78.0. The second kappa shape index (κ2) is 37.8. The van der Waals surface area contributed by atoms with E-state index < -0.39 is 16.8 Å². The van der Waals surface area contributed by atoms with Gasteiger partial charge < -0.3 is 38.5 Å². The lowest BCUT2D eigenvalue weighted by Crippen LogP contribution is -2.44. The Morgan fingerprint density at radius 2 is 0.752 bits per heavy atom. The van der Waals surface area contributed by atoms with E-state index in [2.05, 4.69) is 193 Å². The number of ether oxygens (including phenoxy) is 4. The van der Waals surface area contributed by atoms with Crippen LogP contribution in [0.1, 0.15) is 252 Å². The van der Waals surface area contributed by atoms with Crippen molar-refractivity contribution in [3.63, 3.8) is 0 Å². The van der Waals surface area contributed by atoms with Gasteiger partial charge in [-0.3, -0.25) is 0 Å². The first-order valence-electron chi connectivity index (χ1n) is 45.8. The van der Waals surface area contributed by atoms with Crippen LogP contribution in [0, 0.1) is 71.6 Å². The van der Waals surface area contributed by atoms with E-state index in [1.165, 1.54) is 111 Å². The highest BCUT2D eigenvalue weighted by molar-refractivity contribution is 5.75. The smallest absolute Gasteiger partial charge is 0.265 e. The van der Waals surface area contributed by atoms with Gasteiger partial charge in [-0.2, -0.15) is 0 Å². The molecular formula is C113H120N12O4. The van der Waals surface area contributed by atoms with Gasteiger partial charge in [0.05, 0.1) is 50.6 Å². The molecule has 0 spiro atoms. The molecule has 129 heavy (non-hydrogen) atoms. The lowest BCUT2D eigenvalue weighted by atomic mass is 9.69. The molecule has 11 aliphatic rings. The lowest BCUT2D eigenvalue weighted by molar-refractivity contribution is 0.0143. The molecule has 0 fully saturated rings. The van der Waals surface area contributed by atoms with E-state index >= 15 is 0 Å². The highest BCUT2D eigenvalue weighted by Gasteiger charge is 2.43. The van der Waals surface area contributed by atoms with Crippen LogP contribution in [0.3, 0.4) is 0 Å². The number of hydrogen-bond acceptors (Lipinski definition) is 12. The van der Waals surface area contributed by atoms with Gasteiger partial charge in [0, 0.05) is 101 Å². The molecule has 11 heterocycles. The average Bonchev–Trinajstić information content (AvgIpc) is 0.730. The number of nitriles is 4. The second-order valence-corrected chi connectivity index (χ2v) is 40.0. The zero-order chi connectivity index (χ0) is 92.0. The normalized spacial score (nSPS) is 22.6. The van der Waals surface area contributed by atoms with Crippen LogP contribution in [-0.2, 0) is 71.9 Å². The maximum absolute atomic E-state index is 9.51. The Morgan fingerprint density at radius 1 is 0.403 bits per heavy atom. The summed E-state index contributed by atoms with van der Waals surface area (Å²) in [5.41, 5.74) is 26.4. The molecule has 6 aromatic rings. The van der Waals surface area contributed by atoms with E-state index in [-0.39, 0.29) is 50.6 Å². The molecule has 0 radical (unpaired) electrons. The van der Waals surface area contributed by atoms with E-state index in [0.29, 0.717) is 54.3 Å². The van der Waals surface area contributed by atoms with Crippen LogP contribution in [0.15, 0.2) is 226 Å². The summed E-state index contributed by atoms with van der Waals surface area (Å²) in [6.07, 6.45) is 38.2. The quantitative estimate of drug-likeness (QED) is 0.0893. The number of hydrogen-bond donors (Lipinski definition) is 0. The van der Waals surface area contributed by atoms with Gasteiger partial charge in [-0.25, -0.2) is 40.4 Å². The summed E-state index contributed by atoms with van der Waals surface area (Å²) in [7, 11) is 2.18. The van der Waals surface area contributed by atoms with Crippen molar-refractivity contribution in [2.24, 2.45) is 0 Å². The molecule has 0 amide bonds. The molecule has 17 rings (SSSR count). The minimum Gasteiger partial charge on any atom is -0.488 e. The van der Waals surface area contributed by atoms with Crippen LogP contribution in [0.25, 0.3) is 43.7 Å². The van der Waals surface area contributed by atoms with E-state index in [9.17, 15) is 21.0 Å². The Kier molecular flexibility index (Phi) is 26.9. The minimum absolute atomic E-state index is 0.122. The maximum Gasteiger partial charge on any atom is 0.265 e. The topological polar surface area (TPSA) is 162 Å². The fraction of sp³-hybridized carbons (Fsp3) is 0.398. The van der Waals surface area contributed by atoms with E-state index in [1.807, 2.05) is 156 Å². The van der Waals surface area contributed by atoms with Crippen LogP contribution in [0.2, 0.25) is 0 Å². The minimum atomic E-state index is -0.648. The first-order valence-corrected chi connectivity index (χ1v) is 45.8. The summed E-state index contributed by atoms with van der Waals surface area (Å²) in [4.78, 5) is 23.8. The Balaban J connectivity index is 0.000000139. The van der Waals surface area contributed by atoms with Crippen LogP contribution in [0.5, 0.6) is 0 Å². The van der Waals surface area contributed by atoms with Crippen molar-refractivity contribution in [2.45, 2.75) is 238 Å². The third-order valence-corrected chi connectivity index (χ3v) is 27.4. The van der Waals surface area contributed by atoms with Gasteiger partial charge in [0.2, 0.25) is 0 Å². The highest BCUT2D eigenvalue weighted by Crippen LogP contribution is 2.53. The lowest BCUT2D eigenvalue weighted by Gasteiger charge is -2.48. The van der Waals surface area contributed by atoms with Crippen LogP contribution in [-0.4, -0.2) is 64.1 Å². The standard InChI is InChI=1S/C32H33N3O.C29H29N3O.C28H33N3O.C24H25N3O/c1-31(2)13-15-35-16-14-32(3,4)27-18-22(17-26(31)30(27)35)11-12-25-19-24(28(21-33)34-5)20-29(36-25)23-9-7-6-8-10-23;1-5-22-16-21(17-23-10-9-15-32(4)28(22)23)13-14-26-18-24(27(20-30)31-3)19-29(2,33-26)25-11-7-6-8-12-25;1-26(2)10-12-31-13-11-27(3,4)23-15-19(14-22(26)25(23)31)8-9-21-16-20(24(18-29)30-7)17-28(5,6)32-21;1-24(2)15-20(22(16-25)26-3)14-21(28-24)9-8-17-12-18-6-4-10-27-11-5-7-19(13-17)23(18)27/h6-12,17-19,29H,13-16,20H2,1-4H3;6-8,11-14,16-18H,5,9-10,15,19H2,1-2,4H3;8-9,14-16H,10-13,17H2,1-6H3;8-9,12-14H,4-7,10-11,15H2,1-2H3/b12-11+,28-24-;14-13+,27-24+;9-8+,24-20+;9-8+,22-20-. The summed E-state index contributed by atoms with van der Waals surface area (Å²) in [6, 6.07) is 46.7. The zero-order valence-electron chi connectivity index (χ0n) is 78.0. The van der Waals surface area contributed by atoms with Gasteiger partial charge >= 0.3 is 0 Å². The Hall–Kier alpha value is -13.5. The van der Waals surface area contributed by atoms with Crippen LogP contribution < -0.4 is 19.6 Å².